The third-order valence-corrected chi connectivity index (χ3v) is 10.1. The van der Waals surface area contributed by atoms with Crippen LogP contribution in [0.3, 0.4) is 0 Å². The topological polar surface area (TPSA) is 73.9 Å². The molecule has 2 unspecified atom stereocenters. The first-order valence-electron chi connectivity index (χ1n) is 14.2. The predicted molar refractivity (Wildman–Crippen MR) is 144 cm³/mol. The zero-order chi connectivity index (χ0) is 29.4. The summed E-state index contributed by atoms with van der Waals surface area (Å²) >= 11 is 0. The third-order valence-electron chi connectivity index (χ3n) is 10.1. The van der Waals surface area contributed by atoms with Crippen LogP contribution >= 0.6 is 0 Å². The highest BCUT2D eigenvalue weighted by atomic mass is 19.4. The van der Waals surface area contributed by atoms with Gasteiger partial charge in [-0.2, -0.15) is 13.2 Å². The number of carbonyl (C=O) groups is 2. The van der Waals surface area contributed by atoms with Crippen molar-refractivity contribution in [3.05, 3.63) is 64.8 Å². The largest absolute Gasteiger partial charge is 0.425 e. The molecule has 3 aliphatic carbocycles. The zero-order valence-corrected chi connectivity index (χ0v) is 23.7. The summed E-state index contributed by atoms with van der Waals surface area (Å²) in [5, 5.41) is 2.56. The van der Waals surface area contributed by atoms with E-state index in [0.717, 1.165) is 61.2 Å². The standard InChI is InChI=1S/C31H35F3N2O5/c1-18(37)40-26(19-9-6-5-7-10-19)25(31(32,33)34)28(38)35-30(39-4)14-13-20-17-22-21-11-8-12-23-29(21,15-16-36(22,2)3)24(20)27(30)41-23/h5-7,9-10,13-14,21-23,27H,8,11-12,15-17H2,1-4H3/p+1/t21-,22+,23-,27?,29+,30?/m0/s1. The minimum absolute atomic E-state index is 0.0491. The third kappa shape index (κ3) is 4.20. The number of hydrogen-bond acceptors (Lipinski definition) is 5. The molecule has 2 saturated heterocycles. The molecular formula is C31H36F3N2O5+. The fourth-order valence-electron chi connectivity index (χ4n) is 8.36. The average Bonchev–Trinajstić information content (AvgIpc) is 3.26. The van der Waals surface area contributed by atoms with Crippen molar-refractivity contribution in [2.45, 2.75) is 69.2 Å². The van der Waals surface area contributed by atoms with Gasteiger partial charge in [-0.25, -0.2) is 0 Å². The van der Waals surface area contributed by atoms with Crippen LogP contribution in [0, 0.1) is 11.3 Å². The molecule has 1 amide bonds. The monoisotopic (exact) mass is 573 g/mol. The molecule has 2 aliphatic heterocycles. The van der Waals surface area contributed by atoms with Gasteiger partial charge < -0.3 is 24.0 Å². The number of benzene rings is 1. The summed E-state index contributed by atoms with van der Waals surface area (Å²) in [5.41, 5.74) is -1.33. The van der Waals surface area contributed by atoms with Crippen LogP contribution in [0.4, 0.5) is 13.2 Å². The molecule has 41 heavy (non-hydrogen) atoms. The van der Waals surface area contributed by atoms with Gasteiger partial charge in [-0.15, -0.1) is 0 Å². The van der Waals surface area contributed by atoms with Gasteiger partial charge >= 0.3 is 12.1 Å². The number of nitrogens with zero attached hydrogens (tertiary/aromatic N) is 1. The molecule has 1 aromatic rings. The molecule has 1 N–H and O–H groups in total. The number of hydrogen-bond donors (Lipinski definition) is 1. The molecular weight excluding hydrogens is 537 g/mol. The molecule has 6 rings (SSSR count). The van der Waals surface area contributed by atoms with Crippen molar-refractivity contribution >= 4 is 17.6 Å². The van der Waals surface area contributed by atoms with E-state index in [9.17, 15) is 22.8 Å². The minimum Gasteiger partial charge on any atom is -0.425 e. The molecule has 3 fully saturated rings. The normalized spacial score (nSPS) is 35.4. The van der Waals surface area contributed by atoms with Crippen LogP contribution in [0.5, 0.6) is 0 Å². The van der Waals surface area contributed by atoms with Gasteiger partial charge in [0.25, 0.3) is 5.91 Å². The lowest BCUT2D eigenvalue weighted by Crippen LogP contribution is -2.67. The number of rotatable bonds is 5. The Labute approximate surface area is 237 Å². The number of allylic oxidation sites excluding steroid dienone is 1. The number of quaternary nitrogens is 1. The van der Waals surface area contributed by atoms with Gasteiger partial charge in [-0.1, -0.05) is 42.8 Å². The Kier molecular flexibility index (Phi) is 6.56. The lowest BCUT2D eigenvalue weighted by Gasteiger charge is -2.60. The minimum atomic E-state index is -5.14. The highest BCUT2D eigenvalue weighted by Gasteiger charge is 2.70. The van der Waals surface area contributed by atoms with Gasteiger partial charge in [0.05, 0.1) is 32.8 Å². The number of halogens is 3. The first-order valence-corrected chi connectivity index (χ1v) is 14.2. The average molecular weight is 574 g/mol. The molecule has 0 radical (unpaired) electrons. The Morgan fingerprint density at radius 2 is 1.88 bits per heavy atom. The summed E-state index contributed by atoms with van der Waals surface area (Å²) in [5.74, 6) is -2.90. The highest BCUT2D eigenvalue weighted by Crippen LogP contribution is 2.66. The van der Waals surface area contributed by atoms with Crippen LogP contribution in [0.25, 0.3) is 5.76 Å². The van der Waals surface area contributed by atoms with E-state index < -0.39 is 41.2 Å². The van der Waals surface area contributed by atoms with Gasteiger partial charge in [-0.05, 0) is 30.1 Å². The van der Waals surface area contributed by atoms with E-state index in [1.54, 1.807) is 12.1 Å². The number of likely N-dealkylation sites (tertiary alicyclic amines) is 1. The van der Waals surface area contributed by atoms with E-state index in [0.29, 0.717) is 12.0 Å². The first kappa shape index (κ1) is 28.2. The molecule has 2 heterocycles. The van der Waals surface area contributed by atoms with E-state index >= 15 is 0 Å². The number of ether oxygens (including phenoxy) is 3. The summed E-state index contributed by atoms with van der Waals surface area (Å²) in [4.78, 5) is 25.6. The van der Waals surface area contributed by atoms with Crippen molar-refractivity contribution in [1.29, 1.82) is 0 Å². The number of carbonyl (C=O) groups excluding carboxylic acids is 2. The lowest BCUT2D eigenvalue weighted by atomic mass is 9.50. The van der Waals surface area contributed by atoms with E-state index in [1.807, 2.05) is 6.08 Å². The van der Waals surface area contributed by atoms with E-state index in [4.69, 9.17) is 14.2 Å². The maximum atomic E-state index is 14.6. The van der Waals surface area contributed by atoms with Crippen molar-refractivity contribution < 1.29 is 41.5 Å². The Balaban J connectivity index is 1.44. The SMILES string of the molecule is COC1(NC(=O)C(=C(OC(C)=O)c2ccccc2)C(F)(F)F)C=CC2=C3C1O[C@H]1CCC[C@H]4[C@@H](C2)[N+](C)(C)CC[C@]314. The maximum absolute atomic E-state index is 14.6. The molecule has 5 aliphatic rings. The molecule has 10 heteroatoms. The number of esters is 1. The predicted octanol–water partition coefficient (Wildman–Crippen LogP) is 4.65. The fourth-order valence-corrected chi connectivity index (χ4v) is 8.36. The summed E-state index contributed by atoms with van der Waals surface area (Å²) in [7, 11) is 5.93. The number of nitrogens with one attached hydrogen (secondary N) is 1. The Morgan fingerprint density at radius 1 is 1.15 bits per heavy atom. The number of alkyl halides is 3. The van der Waals surface area contributed by atoms with Crippen LogP contribution in [0.15, 0.2) is 59.2 Å². The van der Waals surface area contributed by atoms with Gasteiger partial charge in [0.1, 0.15) is 6.10 Å². The van der Waals surface area contributed by atoms with Gasteiger partial charge in [0.2, 0.25) is 0 Å². The van der Waals surface area contributed by atoms with Crippen molar-refractivity contribution in [2.75, 3.05) is 27.7 Å². The zero-order valence-electron chi connectivity index (χ0n) is 23.7. The van der Waals surface area contributed by atoms with Crippen LogP contribution in [0.1, 0.15) is 44.6 Å². The van der Waals surface area contributed by atoms with Crippen molar-refractivity contribution in [2.24, 2.45) is 11.3 Å². The molecule has 1 saturated carbocycles. The number of amides is 1. The van der Waals surface area contributed by atoms with Gasteiger partial charge in [0, 0.05) is 43.8 Å². The maximum Gasteiger partial charge on any atom is 0.425 e. The molecule has 2 bridgehead atoms. The van der Waals surface area contributed by atoms with Gasteiger partial charge in [0.15, 0.2) is 17.1 Å². The smallest absolute Gasteiger partial charge is 0.425 e. The summed E-state index contributed by atoms with van der Waals surface area (Å²) in [6.45, 7) is 1.97. The molecule has 0 aromatic heterocycles. The second-order valence-corrected chi connectivity index (χ2v) is 12.5. The van der Waals surface area contributed by atoms with Gasteiger partial charge in [-0.3, -0.25) is 9.59 Å². The van der Waals surface area contributed by atoms with E-state index in [-0.39, 0.29) is 17.1 Å². The second kappa shape index (κ2) is 9.54. The molecule has 1 aromatic carbocycles. The van der Waals surface area contributed by atoms with Crippen molar-refractivity contribution in [3.63, 3.8) is 0 Å². The van der Waals surface area contributed by atoms with Crippen LogP contribution in [0.2, 0.25) is 0 Å². The molecule has 1 spiro atoms. The Morgan fingerprint density at radius 3 is 2.54 bits per heavy atom. The van der Waals surface area contributed by atoms with Crippen LogP contribution in [-0.2, 0) is 23.8 Å². The van der Waals surface area contributed by atoms with Crippen LogP contribution < -0.4 is 5.32 Å². The first-order chi connectivity index (χ1) is 19.3. The van der Waals surface area contributed by atoms with E-state index in [2.05, 4.69) is 19.4 Å². The van der Waals surface area contributed by atoms with Crippen molar-refractivity contribution in [3.8, 4) is 0 Å². The van der Waals surface area contributed by atoms with Crippen LogP contribution in [-0.4, -0.2) is 74.3 Å². The second-order valence-electron chi connectivity index (χ2n) is 12.5. The highest BCUT2D eigenvalue weighted by molar-refractivity contribution is 6.03. The Bertz CT molecular complexity index is 1370. The molecule has 6 atom stereocenters. The van der Waals surface area contributed by atoms with Crippen molar-refractivity contribution in [1.82, 2.24) is 5.32 Å². The summed E-state index contributed by atoms with van der Waals surface area (Å²) in [6.07, 6.45) is 2.27. The fraction of sp³-hybridized carbons (Fsp3) is 0.548. The summed E-state index contributed by atoms with van der Waals surface area (Å²) < 4.78 is 62.4. The van der Waals surface area contributed by atoms with E-state index in [1.165, 1.54) is 31.4 Å². The molecule has 220 valence electrons. The molecule has 7 nitrogen and oxygen atoms in total. The quantitative estimate of drug-likeness (QED) is 0.183. The number of piperidine rings is 1. The Hall–Kier alpha value is -2.95. The number of methoxy groups -OCH3 is 1. The summed E-state index contributed by atoms with van der Waals surface area (Å²) in [6, 6.07) is 7.76. The lowest BCUT2D eigenvalue weighted by molar-refractivity contribution is -0.928.